The van der Waals surface area contributed by atoms with E-state index in [0.29, 0.717) is 18.9 Å². The topological polar surface area (TPSA) is 68.0 Å². The Balaban J connectivity index is 1.73. The maximum Gasteiger partial charge on any atom is 0.228 e. The van der Waals surface area contributed by atoms with Gasteiger partial charge in [0.1, 0.15) is 0 Å². The summed E-state index contributed by atoms with van der Waals surface area (Å²) in [7, 11) is 0. The lowest BCUT2D eigenvalue weighted by atomic mass is 10.3. The van der Waals surface area contributed by atoms with Crippen molar-refractivity contribution >= 4 is 38.8 Å². The van der Waals surface area contributed by atoms with Crippen molar-refractivity contribution in [2.24, 2.45) is 0 Å². The van der Waals surface area contributed by atoms with Crippen LogP contribution in [0.15, 0.2) is 34.9 Å². The Kier molecular flexibility index (Phi) is 6.85. The number of nitrogens with one attached hydrogen (secondary N) is 1. The molecule has 0 radical (unpaired) electrons. The highest BCUT2D eigenvalue weighted by atomic mass is 79.9. The summed E-state index contributed by atoms with van der Waals surface area (Å²) in [6.07, 6.45) is 2.09. The molecular weight excluding hydrogens is 420 g/mol. The first-order valence-corrected chi connectivity index (χ1v) is 10.5. The molecule has 2 aromatic heterocycles. The lowest BCUT2D eigenvalue weighted by molar-refractivity contribution is -0.116. The van der Waals surface area contributed by atoms with Crippen molar-refractivity contribution in [3.8, 4) is 0 Å². The second kappa shape index (κ2) is 9.34. The highest BCUT2D eigenvalue weighted by Gasteiger charge is 2.14. The number of halogens is 1. The van der Waals surface area contributed by atoms with Crippen molar-refractivity contribution in [1.29, 1.82) is 0 Å². The maximum atomic E-state index is 12.6. The molecule has 3 aromatic rings. The van der Waals surface area contributed by atoms with Gasteiger partial charge in [-0.25, -0.2) is 4.98 Å². The first kappa shape index (κ1) is 20.5. The molecule has 7 nitrogen and oxygen atoms in total. The average Bonchev–Trinajstić information content (AvgIpc) is 3.21. The molecule has 1 N–H and O–H groups in total. The standard InChI is InChI=1S/C20H27BrN6O/c1-4-25(5-2)12-13-26-18-9-7-6-8-17(18)23-20(26)24-19(28)10-11-27-15(3)16(21)14-22-27/h6-9,14H,4-5,10-13H2,1-3H3,(H,23,24,28). The molecule has 3 rings (SSSR count). The van der Waals surface area contributed by atoms with Gasteiger partial charge in [0, 0.05) is 25.2 Å². The van der Waals surface area contributed by atoms with Gasteiger partial charge in [0.25, 0.3) is 0 Å². The van der Waals surface area contributed by atoms with Crippen LogP contribution in [-0.2, 0) is 17.9 Å². The zero-order chi connectivity index (χ0) is 20.1. The third-order valence-electron chi connectivity index (χ3n) is 5.03. The van der Waals surface area contributed by atoms with Gasteiger partial charge in [-0.05, 0) is 48.1 Å². The first-order chi connectivity index (χ1) is 13.5. The zero-order valence-electron chi connectivity index (χ0n) is 16.7. The molecule has 0 saturated heterocycles. The number of hydrogen-bond donors (Lipinski definition) is 1. The number of benzene rings is 1. The smallest absolute Gasteiger partial charge is 0.228 e. The highest BCUT2D eigenvalue weighted by Crippen LogP contribution is 2.20. The quantitative estimate of drug-likeness (QED) is 0.544. The summed E-state index contributed by atoms with van der Waals surface area (Å²) in [5.41, 5.74) is 2.94. The maximum absolute atomic E-state index is 12.6. The second-order valence-electron chi connectivity index (χ2n) is 6.70. The van der Waals surface area contributed by atoms with E-state index in [9.17, 15) is 4.79 Å². The Morgan fingerprint density at radius 2 is 1.96 bits per heavy atom. The minimum absolute atomic E-state index is 0.0644. The Bertz CT molecular complexity index is 943. The molecule has 150 valence electrons. The summed E-state index contributed by atoms with van der Waals surface area (Å²) >= 11 is 3.45. The molecular formula is C20H27BrN6O. The van der Waals surface area contributed by atoms with Crippen LogP contribution in [0.2, 0.25) is 0 Å². The van der Waals surface area contributed by atoms with Crippen molar-refractivity contribution < 1.29 is 4.79 Å². The number of para-hydroxylation sites is 2. The summed E-state index contributed by atoms with van der Waals surface area (Å²) < 4.78 is 4.88. The van der Waals surface area contributed by atoms with Crippen LogP contribution in [-0.4, -0.2) is 49.8 Å². The number of likely N-dealkylation sites (N-methyl/N-ethyl adjacent to an activating group) is 1. The van der Waals surface area contributed by atoms with Crippen LogP contribution in [0.1, 0.15) is 26.0 Å². The second-order valence-corrected chi connectivity index (χ2v) is 7.56. The van der Waals surface area contributed by atoms with E-state index in [1.807, 2.05) is 35.9 Å². The fraction of sp³-hybridized carbons (Fsp3) is 0.450. The van der Waals surface area contributed by atoms with Gasteiger partial charge in [0.05, 0.1) is 28.2 Å². The first-order valence-electron chi connectivity index (χ1n) is 9.68. The van der Waals surface area contributed by atoms with Crippen molar-refractivity contribution in [2.45, 2.75) is 40.3 Å². The normalized spacial score (nSPS) is 11.5. The summed E-state index contributed by atoms with van der Waals surface area (Å²) in [6.45, 7) is 10.5. The molecule has 1 amide bonds. The van der Waals surface area contributed by atoms with E-state index in [2.05, 4.69) is 54.6 Å². The molecule has 0 unspecified atom stereocenters. The fourth-order valence-corrected chi connectivity index (χ4v) is 3.52. The number of nitrogens with zero attached hydrogens (tertiary/aromatic N) is 5. The third kappa shape index (κ3) is 4.62. The molecule has 2 heterocycles. The van der Waals surface area contributed by atoms with Gasteiger partial charge in [-0.1, -0.05) is 26.0 Å². The number of aromatic nitrogens is 4. The number of anilines is 1. The molecule has 0 saturated carbocycles. The van der Waals surface area contributed by atoms with E-state index in [4.69, 9.17) is 0 Å². The summed E-state index contributed by atoms with van der Waals surface area (Å²) in [6, 6.07) is 7.99. The molecule has 0 aliphatic carbocycles. The van der Waals surface area contributed by atoms with Crippen LogP contribution in [0.3, 0.4) is 0 Å². The van der Waals surface area contributed by atoms with Gasteiger partial charge in [0.15, 0.2) is 0 Å². The van der Waals surface area contributed by atoms with E-state index >= 15 is 0 Å². The number of hydrogen-bond acceptors (Lipinski definition) is 4. The minimum Gasteiger partial charge on any atom is -0.309 e. The van der Waals surface area contributed by atoms with Gasteiger partial charge in [0.2, 0.25) is 11.9 Å². The van der Waals surface area contributed by atoms with Gasteiger partial charge in [-0.15, -0.1) is 0 Å². The van der Waals surface area contributed by atoms with Crippen molar-refractivity contribution in [3.05, 3.63) is 40.6 Å². The van der Waals surface area contributed by atoms with Gasteiger partial charge >= 0.3 is 0 Å². The molecule has 0 atom stereocenters. The lowest BCUT2D eigenvalue weighted by Gasteiger charge is -2.19. The Morgan fingerprint density at radius 3 is 2.64 bits per heavy atom. The predicted octanol–water partition coefficient (Wildman–Crippen LogP) is 3.67. The van der Waals surface area contributed by atoms with Crippen molar-refractivity contribution in [1.82, 2.24) is 24.2 Å². The highest BCUT2D eigenvalue weighted by molar-refractivity contribution is 9.10. The fourth-order valence-electron chi connectivity index (χ4n) is 3.22. The SMILES string of the molecule is CCN(CC)CCn1c(NC(=O)CCn2ncc(Br)c2C)nc2ccccc21. The molecule has 8 heteroatoms. The number of aryl methyl sites for hydroxylation is 1. The van der Waals surface area contributed by atoms with Crippen molar-refractivity contribution in [2.75, 3.05) is 25.0 Å². The van der Waals surface area contributed by atoms with E-state index in [0.717, 1.165) is 47.4 Å². The number of fused-ring (bicyclic) bond motifs is 1. The molecule has 0 aliphatic rings. The van der Waals surface area contributed by atoms with Crippen LogP contribution in [0, 0.1) is 6.92 Å². The number of rotatable bonds is 9. The van der Waals surface area contributed by atoms with Gasteiger partial charge < -0.3 is 9.47 Å². The minimum atomic E-state index is -0.0644. The molecule has 0 fully saturated rings. The van der Waals surface area contributed by atoms with Crippen LogP contribution in [0.4, 0.5) is 5.95 Å². The number of imidazole rings is 1. The Labute approximate surface area is 173 Å². The summed E-state index contributed by atoms with van der Waals surface area (Å²) in [4.78, 5) is 19.6. The predicted molar refractivity (Wildman–Crippen MR) is 115 cm³/mol. The largest absolute Gasteiger partial charge is 0.309 e. The van der Waals surface area contributed by atoms with Crippen molar-refractivity contribution in [3.63, 3.8) is 0 Å². The number of carbonyl (C=O) groups excluding carboxylic acids is 1. The third-order valence-corrected chi connectivity index (χ3v) is 5.81. The molecule has 0 bridgehead atoms. The Hall–Kier alpha value is -2.19. The van der Waals surface area contributed by atoms with Crippen LogP contribution < -0.4 is 5.32 Å². The van der Waals surface area contributed by atoms with E-state index in [-0.39, 0.29) is 5.91 Å². The number of carbonyl (C=O) groups is 1. The molecule has 0 aliphatic heterocycles. The zero-order valence-corrected chi connectivity index (χ0v) is 18.2. The van der Waals surface area contributed by atoms with Crippen LogP contribution in [0.5, 0.6) is 0 Å². The summed E-state index contributed by atoms with van der Waals surface area (Å²) in [5, 5.41) is 7.28. The molecule has 1 aromatic carbocycles. The monoisotopic (exact) mass is 446 g/mol. The molecule has 0 spiro atoms. The Morgan fingerprint density at radius 1 is 1.21 bits per heavy atom. The van der Waals surface area contributed by atoms with E-state index in [1.54, 1.807) is 6.20 Å². The van der Waals surface area contributed by atoms with Crippen LogP contribution in [0.25, 0.3) is 11.0 Å². The van der Waals surface area contributed by atoms with Crippen LogP contribution >= 0.6 is 15.9 Å². The summed E-state index contributed by atoms with van der Waals surface area (Å²) in [5.74, 6) is 0.544. The van der Waals surface area contributed by atoms with E-state index in [1.165, 1.54) is 0 Å². The average molecular weight is 447 g/mol. The lowest BCUT2D eigenvalue weighted by Crippen LogP contribution is -2.28. The van der Waals surface area contributed by atoms with Gasteiger partial charge in [-0.2, -0.15) is 5.10 Å². The van der Waals surface area contributed by atoms with Gasteiger partial charge in [-0.3, -0.25) is 14.8 Å². The van der Waals surface area contributed by atoms with E-state index < -0.39 is 0 Å². The molecule has 28 heavy (non-hydrogen) atoms. The number of amides is 1.